The first kappa shape index (κ1) is 14.0. The van der Waals surface area contributed by atoms with Crippen LogP contribution in [0.15, 0.2) is 24.3 Å². The zero-order valence-corrected chi connectivity index (χ0v) is 10.9. The van der Waals surface area contributed by atoms with Gasteiger partial charge in [0.15, 0.2) is 0 Å². The number of hydrogen-bond donors (Lipinski definition) is 1. The van der Waals surface area contributed by atoms with Gasteiger partial charge < -0.3 is 10.6 Å². The van der Waals surface area contributed by atoms with E-state index >= 15 is 0 Å². The average molecular weight is 255 g/mol. The Morgan fingerprint density at radius 2 is 1.94 bits per heavy atom. The maximum atomic E-state index is 12.0. The molecule has 0 aliphatic heterocycles. The van der Waals surface area contributed by atoms with Crippen molar-refractivity contribution >= 4 is 18.3 Å². The molecule has 1 fully saturated rings. The van der Waals surface area contributed by atoms with E-state index in [1.165, 1.54) is 12.8 Å². The van der Waals surface area contributed by atoms with Gasteiger partial charge >= 0.3 is 0 Å². The van der Waals surface area contributed by atoms with E-state index in [0.717, 1.165) is 23.6 Å². The Labute approximate surface area is 108 Å². The van der Waals surface area contributed by atoms with Crippen LogP contribution in [0.1, 0.15) is 28.8 Å². The fourth-order valence-electron chi connectivity index (χ4n) is 1.77. The van der Waals surface area contributed by atoms with Gasteiger partial charge in [-0.15, -0.1) is 12.4 Å². The lowest BCUT2D eigenvalue weighted by Gasteiger charge is -2.16. The molecule has 0 atom stereocenters. The van der Waals surface area contributed by atoms with Gasteiger partial charge in [0.05, 0.1) is 0 Å². The number of rotatable bonds is 4. The molecule has 4 heteroatoms. The summed E-state index contributed by atoms with van der Waals surface area (Å²) in [6.45, 7) is 1.41. The van der Waals surface area contributed by atoms with Crippen molar-refractivity contribution in [1.29, 1.82) is 0 Å². The van der Waals surface area contributed by atoms with Gasteiger partial charge in [0, 0.05) is 25.7 Å². The Bertz CT molecular complexity index is 374. The number of nitrogens with zero attached hydrogens (tertiary/aromatic N) is 1. The van der Waals surface area contributed by atoms with Gasteiger partial charge in [0.25, 0.3) is 5.91 Å². The topological polar surface area (TPSA) is 46.3 Å². The maximum Gasteiger partial charge on any atom is 0.253 e. The molecule has 0 spiro atoms. The fraction of sp³-hybridized carbons (Fsp3) is 0.462. The molecule has 1 aliphatic carbocycles. The van der Waals surface area contributed by atoms with Gasteiger partial charge in [-0.3, -0.25) is 4.79 Å². The Kier molecular flexibility index (Phi) is 4.97. The quantitative estimate of drug-likeness (QED) is 0.894. The summed E-state index contributed by atoms with van der Waals surface area (Å²) in [6, 6.07) is 7.54. The van der Waals surface area contributed by atoms with Crippen LogP contribution in [-0.2, 0) is 6.54 Å². The van der Waals surface area contributed by atoms with Crippen molar-refractivity contribution < 1.29 is 4.79 Å². The van der Waals surface area contributed by atoms with Crippen molar-refractivity contribution in [3.05, 3.63) is 35.4 Å². The molecule has 94 valence electrons. The molecule has 2 rings (SSSR count). The lowest BCUT2D eigenvalue weighted by atomic mass is 10.1. The molecule has 1 aliphatic rings. The van der Waals surface area contributed by atoms with E-state index < -0.39 is 0 Å². The normalized spacial score (nSPS) is 14.0. The molecule has 1 saturated carbocycles. The van der Waals surface area contributed by atoms with Crippen LogP contribution in [0.5, 0.6) is 0 Å². The third-order valence-electron chi connectivity index (χ3n) is 3.01. The second-order valence-electron chi connectivity index (χ2n) is 4.53. The Morgan fingerprint density at radius 1 is 1.35 bits per heavy atom. The number of benzene rings is 1. The predicted octanol–water partition coefficient (Wildman–Crippen LogP) is 2.05. The summed E-state index contributed by atoms with van der Waals surface area (Å²) in [5.41, 5.74) is 7.32. The van der Waals surface area contributed by atoms with Crippen LogP contribution < -0.4 is 5.73 Å². The molecule has 0 saturated heterocycles. The first-order chi connectivity index (χ1) is 7.70. The summed E-state index contributed by atoms with van der Waals surface area (Å²) in [6.07, 6.45) is 2.54. The average Bonchev–Trinajstić information content (AvgIpc) is 3.12. The largest absolute Gasteiger partial charge is 0.341 e. The van der Waals surface area contributed by atoms with Crippen LogP contribution in [0.4, 0.5) is 0 Å². The minimum atomic E-state index is 0. The first-order valence-electron chi connectivity index (χ1n) is 5.75. The molecule has 17 heavy (non-hydrogen) atoms. The third kappa shape index (κ3) is 3.72. The molecule has 0 bridgehead atoms. The lowest BCUT2D eigenvalue weighted by molar-refractivity contribution is 0.0788. The van der Waals surface area contributed by atoms with E-state index in [1.54, 1.807) is 0 Å². The third-order valence-corrected chi connectivity index (χ3v) is 3.01. The summed E-state index contributed by atoms with van der Waals surface area (Å²) >= 11 is 0. The molecule has 1 aromatic rings. The van der Waals surface area contributed by atoms with Crippen molar-refractivity contribution in [3.63, 3.8) is 0 Å². The molecule has 1 aromatic carbocycles. The fourth-order valence-corrected chi connectivity index (χ4v) is 1.77. The molecule has 0 radical (unpaired) electrons. The van der Waals surface area contributed by atoms with Crippen molar-refractivity contribution in [1.82, 2.24) is 4.90 Å². The van der Waals surface area contributed by atoms with E-state index in [0.29, 0.717) is 6.54 Å². The number of carbonyl (C=O) groups excluding carboxylic acids is 1. The number of amides is 1. The van der Waals surface area contributed by atoms with E-state index in [2.05, 4.69) is 0 Å². The molecule has 1 amide bonds. The Morgan fingerprint density at radius 3 is 2.41 bits per heavy atom. The van der Waals surface area contributed by atoms with Crippen LogP contribution in [0.3, 0.4) is 0 Å². The molecule has 0 aromatic heterocycles. The first-order valence-corrected chi connectivity index (χ1v) is 5.75. The van der Waals surface area contributed by atoms with Crippen LogP contribution in [0.2, 0.25) is 0 Å². The van der Waals surface area contributed by atoms with E-state index in [4.69, 9.17) is 5.73 Å². The van der Waals surface area contributed by atoms with Gasteiger partial charge in [-0.25, -0.2) is 0 Å². The lowest BCUT2D eigenvalue weighted by Crippen LogP contribution is -2.28. The van der Waals surface area contributed by atoms with Gasteiger partial charge in [-0.05, 0) is 36.5 Å². The molecule has 2 N–H and O–H groups in total. The van der Waals surface area contributed by atoms with E-state index in [1.807, 2.05) is 36.2 Å². The minimum absolute atomic E-state index is 0. The summed E-state index contributed by atoms with van der Waals surface area (Å²) < 4.78 is 0. The van der Waals surface area contributed by atoms with Crippen molar-refractivity contribution in [2.75, 3.05) is 13.6 Å². The standard InChI is InChI=1S/C13H18N2O.ClH/c1-15(9-11-2-3-11)13(16)12-6-4-10(8-14)5-7-12;/h4-7,11H,2-3,8-9,14H2,1H3;1H. The highest BCUT2D eigenvalue weighted by atomic mass is 35.5. The van der Waals surface area contributed by atoms with Crippen LogP contribution in [0, 0.1) is 5.92 Å². The van der Waals surface area contributed by atoms with Gasteiger partial charge in [0.1, 0.15) is 0 Å². The molecular weight excluding hydrogens is 236 g/mol. The molecule has 0 unspecified atom stereocenters. The van der Waals surface area contributed by atoms with E-state index in [9.17, 15) is 4.79 Å². The summed E-state index contributed by atoms with van der Waals surface area (Å²) in [5, 5.41) is 0. The van der Waals surface area contributed by atoms with Crippen molar-refractivity contribution in [2.45, 2.75) is 19.4 Å². The summed E-state index contributed by atoms with van der Waals surface area (Å²) in [5.74, 6) is 0.840. The zero-order valence-electron chi connectivity index (χ0n) is 10.1. The number of carbonyl (C=O) groups is 1. The zero-order chi connectivity index (χ0) is 11.5. The van der Waals surface area contributed by atoms with Crippen LogP contribution >= 0.6 is 12.4 Å². The highest BCUT2D eigenvalue weighted by molar-refractivity contribution is 5.94. The second kappa shape index (κ2) is 6.03. The summed E-state index contributed by atoms with van der Waals surface area (Å²) in [4.78, 5) is 13.8. The van der Waals surface area contributed by atoms with E-state index in [-0.39, 0.29) is 18.3 Å². The molecule has 3 nitrogen and oxygen atoms in total. The van der Waals surface area contributed by atoms with Gasteiger partial charge in [0.2, 0.25) is 0 Å². The molecule has 0 heterocycles. The van der Waals surface area contributed by atoms with Crippen molar-refractivity contribution in [2.24, 2.45) is 11.7 Å². The molecular formula is C13H19ClN2O. The monoisotopic (exact) mass is 254 g/mol. The number of halogens is 1. The summed E-state index contributed by atoms with van der Waals surface area (Å²) in [7, 11) is 1.87. The van der Waals surface area contributed by atoms with Crippen molar-refractivity contribution in [3.8, 4) is 0 Å². The van der Waals surface area contributed by atoms with Crippen LogP contribution in [0.25, 0.3) is 0 Å². The smallest absolute Gasteiger partial charge is 0.253 e. The van der Waals surface area contributed by atoms with Crippen LogP contribution in [-0.4, -0.2) is 24.4 Å². The predicted molar refractivity (Wildman–Crippen MR) is 71.3 cm³/mol. The maximum absolute atomic E-state index is 12.0. The Balaban J connectivity index is 0.00000144. The number of nitrogens with two attached hydrogens (primary N) is 1. The number of hydrogen-bond acceptors (Lipinski definition) is 2. The van der Waals surface area contributed by atoms with Gasteiger partial charge in [-0.2, -0.15) is 0 Å². The van der Waals surface area contributed by atoms with Gasteiger partial charge in [-0.1, -0.05) is 12.1 Å². The highest BCUT2D eigenvalue weighted by Gasteiger charge is 2.25. The minimum Gasteiger partial charge on any atom is -0.341 e. The Hall–Kier alpha value is -1.06. The SMILES string of the molecule is CN(CC1CC1)C(=O)c1ccc(CN)cc1.Cl. The highest BCUT2D eigenvalue weighted by Crippen LogP contribution is 2.29. The second-order valence-corrected chi connectivity index (χ2v) is 4.53.